The van der Waals surface area contributed by atoms with Crippen LogP contribution < -0.4 is 5.32 Å². The molecule has 100 valence electrons. The predicted molar refractivity (Wildman–Crippen MR) is 68.9 cm³/mol. The molecule has 3 rings (SSSR count). The zero-order valence-corrected chi connectivity index (χ0v) is 10.6. The summed E-state index contributed by atoms with van der Waals surface area (Å²) in [5.74, 6) is 0.871. The summed E-state index contributed by atoms with van der Waals surface area (Å²) in [6, 6.07) is 6.24. The molecule has 1 aromatic heterocycles. The molecule has 0 bridgehead atoms. The molecule has 5 heteroatoms. The van der Waals surface area contributed by atoms with E-state index in [4.69, 9.17) is 4.52 Å². The third-order valence-electron chi connectivity index (χ3n) is 3.40. The number of halogens is 1. The van der Waals surface area contributed by atoms with E-state index in [0.717, 1.165) is 18.5 Å². The smallest absolute Gasteiger partial charge is 0.257 e. The van der Waals surface area contributed by atoms with Gasteiger partial charge >= 0.3 is 0 Å². The summed E-state index contributed by atoms with van der Waals surface area (Å²) in [7, 11) is 0. The summed E-state index contributed by atoms with van der Waals surface area (Å²) in [5.41, 5.74) is 0.744. The highest BCUT2D eigenvalue weighted by molar-refractivity contribution is 5.52. The van der Waals surface area contributed by atoms with Crippen molar-refractivity contribution in [2.45, 2.75) is 31.7 Å². The van der Waals surface area contributed by atoms with Crippen LogP contribution in [-0.2, 0) is 0 Å². The maximum Gasteiger partial charge on any atom is 0.257 e. The zero-order chi connectivity index (χ0) is 13.1. The Balaban J connectivity index is 1.80. The van der Waals surface area contributed by atoms with Gasteiger partial charge < -0.3 is 9.84 Å². The average molecular weight is 261 g/mol. The number of nitrogens with one attached hydrogen (secondary N) is 1. The monoisotopic (exact) mass is 261 g/mol. The zero-order valence-electron chi connectivity index (χ0n) is 10.6. The van der Waals surface area contributed by atoms with Crippen LogP contribution in [0.2, 0.25) is 0 Å². The van der Waals surface area contributed by atoms with Gasteiger partial charge in [0.05, 0.1) is 6.04 Å². The lowest BCUT2D eigenvalue weighted by molar-refractivity contribution is 0.402. The van der Waals surface area contributed by atoms with Crippen molar-refractivity contribution in [3.8, 4) is 11.5 Å². The number of aromatic nitrogens is 2. The molecular formula is C14H16FN3O. The first-order valence-corrected chi connectivity index (χ1v) is 6.66. The number of nitrogens with zero attached hydrogens (tertiary/aromatic N) is 2. The third kappa shape index (κ3) is 2.81. The van der Waals surface area contributed by atoms with Crippen molar-refractivity contribution in [2.75, 3.05) is 6.54 Å². The number of hydrogen-bond acceptors (Lipinski definition) is 4. The SMILES string of the molecule is Fc1ccc(-c2nc([C@H]3CCCCCN3)no2)cc1. The summed E-state index contributed by atoms with van der Waals surface area (Å²) in [6.07, 6.45) is 4.64. The summed E-state index contributed by atoms with van der Waals surface area (Å²) in [6.45, 7) is 0.991. The van der Waals surface area contributed by atoms with Crippen LogP contribution in [0, 0.1) is 5.82 Å². The van der Waals surface area contributed by atoms with E-state index in [1.165, 1.54) is 31.4 Å². The Kier molecular flexibility index (Phi) is 3.55. The maximum absolute atomic E-state index is 12.9. The van der Waals surface area contributed by atoms with Gasteiger partial charge in [-0.3, -0.25) is 0 Å². The van der Waals surface area contributed by atoms with Crippen molar-refractivity contribution in [3.63, 3.8) is 0 Å². The van der Waals surface area contributed by atoms with E-state index in [9.17, 15) is 4.39 Å². The third-order valence-corrected chi connectivity index (χ3v) is 3.40. The van der Waals surface area contributed by atoms with Gasteiger partial charge in [0.15, 0.2) is 5.82 Å². The average Bonchev–Trinajstić information content (AvgIpc) is 2.76. The van der Waals surface area contributed by atoms with Gasteiger partial charge in [-0.15, -0.1) is 0 Å². The molecule has 1 fully saturated rings. The minimum absolute atomic E-state index is 0.167. The van der Waals surface area contributed by atoms with Crippen molar-refractivity contribution >= 4 is 0 Å². The second-order valence-electron chi connectivity index (χ2n) is 4.82. The first-order valence-electron chi connectivity index (χ1n) is 6.66. The molecule has 1 saturated heterocycles. The van der Waals surface area contributed by atoms with E-state index < -0.39 is 0 Å². The normalized spacial score (nSPS) is 20.2. The molecular weight excluding hydrogens is 245 g/mol. The van der Waals surface area contributed by atoms with E-state index in [1.807, 2.05) is 0 Å². The highest BCUT2D eigenvalue weighted by Gasteiger charge is 2.19. The maximum atomic E-state index is 12.9. The lowest BCUT2D eigenvalue weighted by Crippen LogP contribution is -2.21. The molecule has 0 amide bonds. The van der Waals surface area contributed by atoms with Gasteiger partial charge in [-0.05, 0) is 43.7 Å². The fourth-order valence-electron chi connectivity index (χ4n) is 2.34. The minimum Gasteiger partial charge on any atom is -0.334 e. The summed E-state index contributed by atoms with van der Waals surface area (Å²) in [4.78, 5) is 4.41. The van der Waals surface area contributed by atoms with Crippen LogP contribution in [0.5, 0.6) is 0 Å². The van der Waals surface area contributed by atoms with Gasteiger partial charge in [0.1, 0.15) is 5.82 Å². The largest absolute Gasteiger partial charge is 0.334 e. The van der Waals surface area contributed by atoms with Crippen molar-refractivity contribution < 1.29 is 8.91 Å². The lowest BCUT2D eigenvalue weighted by Gasteiger charge is -2.09. The number of hydrogen-bond donors (Lipinski definition) is 1. The number of benzene rings is 1. The van der Waals surface area contributed by atoms with E-state index in [-0.39, 0.29) is 11.9 Å². The van der Waals surface area contributed by atoms with Crippen molar-refractivity contribution in [1.82, 2.24) is 15.5 Å². The van der Waals surface area contributed by atoms with Gasteiger partial charge in [-0.1, -0.05) is 18.0 Å². The molecule has 0 spiro atoms. The summed E-state index contributed by atoms with van der Waals surface area (Å²) in [5, 5.41) is 7.46. The van der Waals surface area contributed by atoms with Gasteiger partial charge in [-0.25, -0.2) is 4.39 Å². The van der Waals surface area contributed by atoms with E-state index >= 15 is 0 Å². The van der Waals surface area contributed by atoms with Gasteiger partial charge in [-0.2, -0.15) is 4.98 Å². The van der Waals surface area contributed by atoms with Crippen LogP contribution in [0.3, 0.4) is 0 Å². The van der Waals surface area contributed by atoms with Crippen molar-refractivity contribution in [1.29, 1.82) is 0 Å². The first kappa shape index (κ1) is 12.3. The molecule has 1 aliphatic heterocycles. The molecule has 1 N–H and O–H groups in total. The Hall–Kier alpha value is -1.75. The summed E-state index contributed by atoms with van der Waals surface area (Å²) < 4.78 is 18.1. The standard InChI is InChI=1S/C14H16FN3O/c15-11-7-5-10(6-8-11)14-17-13(18-19-14)12-4-2-1-3-9-16-12/h5-8,12,16H,1-4,9H2/t12-/m1/s1. The van der Waals surface area contributed by atoms with Gasteiger partial charge in [0, 0.05) is 5.56 Å². The first-order chi connectivity index (χ1) is 9.33. The molecule has 19 heavy (non-hydrogen) atoms. The molecule has 0 aliphatic carbocycles. The van der Waals surface area contributed by atoms with Crippen LogP contribution in [-0.4, -0.2) is 16.7 Å². The second kappa shape index (κ2) is 5.48. The van der Waals surface area contributed by atoms with E-state index in [1.54, 1.807) is 12.1 Å². The molecule has 1 aromatic carbocycles. The van der Waals surface area contributed by atoms with Crippen LogP contribution in [0.4, 0.5) is 4.39 Å². The quantitative estimate of drug-likeness (QED) is 0.902. The van der Waals surface area contributed by atoms with Crippen molar-refractivity contribution in [3.05, 3.63) is 35.9 Å². The molecule has 1 atom stereocenters. The highest BCUT2D eigenvalue weighted by atomic mass is 19.1. The Morgan fingerprint density at radius 1 is 1.16 bits per heavy atom. The molecule has 0 saturated carbocycles. The highest BCUT2D eigenvalue weighted by Crippen LogP contribution is 2.23. The van der Waals surface area contributed by atoms with Crippen molar-refractivity contribution in [2.24, 2.45) is 0 Å². The Bertz CT molecular complexity index is 530. The Morgan fingerprint density at radius 3 is 2.84 bits per heavy atom. The topological polar surface area (TPSA) is 51.0 Å². The fourth-order valence-corrected chi connectivity index (χ4v) is 2.34. The second-order valence-corrected chi connectivity index (χ2v) is 4.82. The van der Waals surface area contributed by atoms with Crippen LogP contribution >= 0.6 is 0 Å². The van der Waals surface area contributed by atoms with Crippen LogP contribution in [0.25, 0.3) is 11.5 Å². The Labute approximate surface area is 111 Å². The fraction of sp³-hybridized carbons (Fsp3) is 0.429. The van der Waals surface area contributed by atoms with Crippen LogP contribution in [0.15, 0.2) is 28.8 Å². The molecule has 4 nitrogen and oxygen atoms in total. The Morgan fingerprint density at radius 2 is 2.00 bits per heavy atom. The molecule has 2 aromatic rings. The summed E-state index contributed by atoms with van der Waals surface area (Å²) >= 11 is 0. The number of rotatable bonds is 2. The van der Waals surface area contributed by atoms with E-state index in [0.29, 0.717) is 11.7 Å². The van der Waals surface area contributed by atoms with Gasteiger partial charge in [0.25, 0.3) is 5.89 Å². The van der Waals surface area contributed by atoms with Crippen LogP contribution in [0.1, 0.15) is 37.5 Å². The van der Waals surface area contributed by atoms with Gasteiger partial charge in [0.2, 0.25) is 0 Å². The minimum atomic E-state index is -0.270. The molecule has 0 radical (unpaired) electrons. The lowest BCUT2D eigenvalue weighted by atomic mass is 10.1. The molecule has 2 heterocycles. The molecule has 0 unspecified atom stereocenters. The van der Waals surface area contributed by atoms with E-state index in [2.05, 4.69) is 15.5 Å². The predicted octanol–water partition coefficient (Wildman–Crippen LogP) is 3.08. The molecule has 1 aliphatic rings.